The van der Waals surface area contributed by atoms with E-state index in [0.717, 1.165) is 11.1 Å². The number of carbonyl (C=O) groups is 3. The molecule has 2 aromatic rings. The number of ether oxygens (including phenoxy) is 3. The lowest BCUT2D eigenvalue weighted by Gasteiger charge is -2.34. The number of nitrogen functional groups attached to an aromatic ring is 1. The number of nitrogens with one attached hydrogen (secondary N) is 1. The Bertz CT molecular complexity index is 1160. The van der Waals surface area contributed by atoms with E-state index in [1.165, 1.54) is 4.90 Å². The Hall–Kier alpha value is -3.86. The van der Waals surface area contributed by atoms with Gasteiger partial charge in [0.05, 0.1) is 18.8 Å². The summed E-state index contributed by atoms with van der Waals surface area (Å²) in [5.74, 6) is -0.144. The zero-order valence-corrected chi connectivity index (χ0v) is 22.7. The van der Waals surface area contributed by atoms with Crippen LogP contribution in [0.1, 0.15) is 50.7 Å². The van der Waals surface area contributed by atoms with E-state index >= 15 is 0 Å². The molecule has 1 aromatic carbocycles. The highest BCUT2D eigenvalue weighted by molar-refractivity contribution is 5.97. The van der Waals surface area contributed by atoms with Gasteiger partial charge in [-0.25, -0.2) is 14.6 Å². The first-order valence-electron chi connectivity index (χ1n) is 13.2. The van der Waals surface area contributed by atoms with Gasteiger partial charge in [0.25, 0.3) is 5.91 Å². The summed E-state index contributed by atoms with van der Waals surface area (Å²) >= 11 is 0. The Balaban J connectivity index is 1.35. The van der Waals surface area contributed by atoms with Crippen molar-refractivity contribution in [3.63, 3.8) is 0 Å². The molecule has 0 radical (unpaired) electrons. The lowest BCUT2D eigenvalue weighted by atomic mass is 9.88. The van der Waals surface area contributed by atoms with Crippen LogP contribution in [-0.4, -0.2) is 77.4 Å². The molecule has 3 N–H and O–H groups in total. The number of hydrogen-bond acceptors (Lipinski definition) is 8. The van der Waals surface area contributed by atoms with E-state index in [2.05, 4.69) is 10.3 Å². The maximum Gasteiger partial charge on any atom is 0.410 e. The van der Waals surface area contributed by atoms with Crippen LogP contribution in [0.3, 0.4) is 0 Å². The number of aromatic nitrogens is 1. The zero-order chi connectivity index (χ0) is 28.0. The Kier molecular flexibility index (Phi) is 8.90. The molecule has 3 heterocycles. The van der Waals surface area contributed by atoms with Crippen LogP contribution in [0.15, 0.2) is 42.6 Å². The first-order valence-corrected chi connectivity index (χ1v) is 13.2. The second-order valence-corrected chi connectivity index (χ2v) is 10.7. The molecule has 4 rings (SSSR count). The number of benzene rings is 1. The Morgan fingerprint density at radius 1 is 1.05 bits per heavy atom. The summed E-state index contributed by atoms with van der Waals surface area (Å²) in [5.41, 5.74) is 7.80. The topological polar surface area (TPSA) is 136 Å². The number of amides is 3. The van der Waals surface area contributed by atoms with Crippen LogP contribution in [0.25, 0.3) is 0 Å². The maximum absolute atomic E-state index is 13.2. The number of morpholine rings is 1. The van der Waals surface area contributed by atoms with Crippen molar-refractivity contribution in [2.45, 2.75) is 57.8 Å². The molecule has 0 saturated carbocycles. The van der Waals surface area contributed by atoms with Crippen molar-refractivity contribution in [3.05, 3.63) is 53.7 Å². The molecule has 2 aliphatic rings. The van der Waals surface area contributed by atoms with E-state index in [0.29, 0.717) is 38.2 Å². The molecule has 0 spiro atoms. The minimum absolute atomic E-state index is 0.0588. The number of anilines is 2. The highest BCUT2D eigenvalue weighted by Gasteiger charge is 2.33. The van der Waals surface area contributed by atoms with Crippen LogP contribution in [0.2, 0.25) is 0 Å². The van der Waals surface area contributed by atoms with E-state index in [9.17, 15) is 14.4 Å². The van der Waals surface area contributed by atoms with Gasteiger partial charge in [-0.3, -0.25) is 4.79 Å². The van der Waals surface area contributed by atoms with Gasteiger partial charge in [-0.2, -0.15) is 0 Å². The average molecular weight is 540 g/mol. The van der Waals surface area contributed by atoms with Gasteiger partial charge in [-0.15, -0.1) is 0 Å². The minimum atomic E-state index is -0.885. The highest BCUT2D eigenvalue weighted by Crippen LogP contribution is 2.35. The predicted octanol–water partition coefficient (Wildman–Crippen LogP) is 3.75. The van der Waals surface area contributed by atoms with Gasteiger partial charge in [0.1, 0.15) is 18.0 Å². The number of likely N-dealkylation sites (tertiary alicyclic amines) is 1. The number of carbonyl (C=O) groups excluding carboxylic acids is 3. The molecule has 11 heteroatoms. The SMILES string of the molecule is CC(C)(C)OC(=O)N1CCC(c2ccnc(N)c2NC(=O)C2CN(C(=O)OCc3ccccc3)CCO2)CC1. The monoisotopic (exact) mass is 539 g/mol. The van der Waals surface area contributed by atoms with Gasteiger partial charge >= 0.3 is 12.2 Å². The molecule has 2 fully saturated rings. The quantitative estimate of drug-likeness (QED) is 0.586. The molecule has 2 aliphatic heterocycles. The molecule has 210 valence electrons. The highest BCUT2D eigenvalue weighted by atomic mass is 16.6. The van der Waals surface area contributed by atoms with Crippen LogP contribution in [0.4, 0.5) is 21.1 Å². The van der Waals surface area contributed by atoms with Gasteiger partial charge in [0, 0.05) is 25.8 Å². The fourth-order valence-corrected chi connectivity index (χ4v) is 4.66. The molecule has 3 amide bonds. The first-order chi connectivity index (χ1) is 18.6. The van der Waals surface area contributed by atoms with Gasteiger partial charge in [-0.1, -0.05) is 30.3 Å². The standard InChI is InChI=1S/C28H37N5O6/c1-28(2,3)39-27(36)32-13-10-20(11-14-32)21-9-12-30-24(29)23(21)31-25(34)22-17-33(15-16-37-22)26(35)38-18-19-7-5-4-6-8-19/h4-9,12,20,22H,10-11,13-18H2,1-3H3,(H2,29,30)(H,31,34). The molecular weight excluding hydrogens is 502 g/mol. The average Bonchev–Trinajstić information content (AvgIpc) is 2.92. The van der Waals surface area contributed by atoms with E-state index in [-0.39, 0.29) is 37.6 Å². The Labute approximate surface area is 228 Å². The van der Waals surface area contributed by atoms with Gasteiger partial charge in [0.2, 0.25) is 0 Å². The van der Waals surface area contributed by atoms with Crippen molar-refractivity contribution < 1.29 is 28.6 Å². The zero-order valence-electron chi connectivity index (χ0n) is 22.7. The van der Waals surface area contributed by atoms with E-state index in [1.807, 2.05) is 57.2 Å². The number of rotatable bonds is 5. The summed E-state index contributed by atoms with van der Waals surface area (Å²) < 4.78 is 16.6. The molecule has 1 unspecified atom stereocenters. The van der Waals surface area contributed by atoms with Crippen LogP contribution < -0.4 is 11.1 Å². The van der Waals surface area contributed by atoms with Crippen molar-refractivity contribution >= 4 is 29.6 Å². The predicted molar refractivity (Wildman–Crippen MR) is 145 cm³/mol. The van der Waals surface area contributed by atoms with Crippen molar-refractivity contribution in [1.29, 1.82) is 0 Å². The largest absolute Gasteiger partial charge is 0.445 e. The van der Waals surface area contributed by atoms with Gasteiger partial charge in [0.15, 0.2) is 6.10 Å². The molecule has 0 aliphatic carbocycles. The molecular formula is C28H37N5O6. The molecule has 39 heavy (non-hydrogen) atoms. The summed E-state index contributed by atoms with van der Waals surface area (Å²) in [5, 5.41) is 2.89. The maximum atomic E-state index is 13.2. The van der Waals surface area contributed by atoms with E-state index in [1.54, 1.807) is 11.1 Å². The number of nitrogens with two attached hydrogens (primary N) is 1. The summed E-state index contributed by atoms with van der Waals surface area (Å²) in [4.78, 5) is 45.6. The third kappa shape index (κ3) is 7.60. The van der Waals surface area contributed by atoms with Crippen molar-refractivity contribution in [2.24, 2.45) is 0 Å². The van der Waals surface area contributed by atoms with Crippen molar-refractivity contribution in [3.8, 4) is 0 Å². The summed E-state index contributed by atoms with van der Waals surface area (Å²) in [6, 6.07) is 11.2. The van der Waals surface area contributed by atoms with Crippen LogP contribution in [0.5, 0.6) is 0 Å². The smallest absolute Gasteiger partial charge is 0.410 e. The van der Waals surface area contributed by atoms with Crippen molar-refractivity contribution in [1.82, 2.24) is 14.8 Å². The van der Waals surface area contributed by atoms with E-state index in [4.69, 9.17) is 19.9 Å². The third-order valence-corrected chi connectivity index (χ3v) is 6.67. The minimum Gasteiger partial charge on any atom is -0.445 e. The lowest BCUT2D eigenvalue weighted by molar-refractivity contribution is -0.132. The fraction of sp³-hybridized carbons (Fsp3) is 0.500. The van der Waals surface area contributed by atoms with E-state index < -0.39 is 23.7 Å². The normalized spacial score (nSPS) is 18.4. The van der Waals surface area contributed by atoms with Gasteiger partial charge in [-0.05, 0) is 56.7 Å². The summed E-state index contributed by atoms with van der Waals surface area (Å²) in [6.07, 6.45) is 1.27. The Morgan fingerprint density at radius 2 is 1.77 bits per heavy atom. The number of piperidine rings is 1. The molecule has 2 saturated heterocycles. The number of pyridine rings is 1. The second-order valence-electron chi connectivity index (χ2n) is 10.7. The van der Waals surface area contributed by atoms with Crippen LogP contribution in [0, 0.1) is 0 Å². The number of hydrogen-bond donors (Lipinski definition) is 2. The molecule has 1 aromatic heterocycles. The van der Waals surface area contributed by atoms with Crippen molar-refractivity contribution in [2.75, 3.05) is 43.8 Å². The van der Waals surface area contributed by atoms with Crippen LogP contribution >= 0.6 is 0 Å². The van der Waals surface area contributed by atoms with Gasteiger partial charge < -0.3 is 35.1 Å². The second kappa shape index (κ2) is 12.3. The fourth-order valence-electron chi connectivity index (χ4n) is 4.66. The van der Waals surface area contributed by atoms with Crippen LogP contribution in [-0.2, 0) is 25.6 Å². The third-order valence-electron chi connectivity index (χ3n) is 6.67. The molecule has 0 bridgehead atoms. The summed E-state index contributed by atoms with van der Waals surface area (Å²) in [7, 11) is 0. The lowest BCUT2D eigenvalue weighted by Crippen LogP contribution is -2.50. The summed E-state index contributed by atoms with van der Waals surface area (Å²) in [6.45, 7) is 7.33. The number of nitrogens with zero attached hydrogens (tertiary/aromatic N) is 3. The molecule has 1 atom stereocenters. The molecule has 11 nitrogen and oxygen atoms in total. The first kappa shape index (κ1) is 28.2. The Morgan fingerprint density at radius 3 is 2.46 bits per heavy atom.